The summed E-state index contributed by atoms with van der Waals surface area (Å²) < 4.78 is 0. The van der Waals surface area contributed by atoms with Gasteiger partial charge in [-0.25, -0.2) is 4.79 Å². The predicted molar refractivity (Wildman–Crippen MR) is 105 cm³/mol. The molecule has 0 bridgehead atoms. The highest BCUT2D eigenvalue weighted by Gasteiger charge is 2.32. The number of anilines is 1. The first-order valence-corrected chi connectivity index (χ1v) is 8.74. The van der Waals surface area contributed by atoms with Gasteiger partial charge < -0.3 is 16.0 Å². The Labute approximate surface area is 165 Å². The van der Waals surface area contributed by atoms with Crippen molar-refractivity contribution in [2.24, 2.45) is 0 Å². The van der Waals surface area contributed by atoms with E-state index in [1.807, 2.05) is 6.92 Å². The zero-order chi connectivity index (χ0) is 20.4. The van der Waals surface area contributed by atoms with E-state index in [1.54, 1.807) is 31.2 Å². The largest absolute Gasteiger partial charge is 0.327 e. The average molecular weight is 401 g/mol. The quantitative estimate of drug-likeness (QED) is 0.534. The van der Waals surface area contributed by atoms with Crippen LogP contribution in [0.25, 0.3) is 0 Å². The number of carbonyl (C=O) groups is 2. The fraction of sp³-hybridized carbons (Fsp3) is 0.158. The van der Waals surface area contributed by atoms with Gasteiger partial charge >= 0.3 is 6.03 Å². The molecular weight excluding hydrogens is 384 g/mol. The molecule has 0 fully saturated rings. The van der Waals surface area contributed by atoms with Crippen LogP contribution < -0.4 is 16.0 Å². The first-order chi connectivity index (χ1) is 13.3. The Hall–Kier alpha value is -3.39. The Bertz CT molecular complexity index is 1020. The van der Waals surface area contributed by atoms with E-state index in [0.29, 0.717) is 22.0 Å². The highest BCUT2D eigenvalue weighted by atomic mass is 35.5. The lowest BCUT2D eigenvalue weighted by Crippen LogP contribution is -2.46. The zero-order valence-electron chi connectivity index (χ0n) is 15.1. The molecule has 0 saturated heterocycles. The third-order valence-electron chi connectivity index (χ3n) is 4.36. The van der Waals surface area contributed by atoms with Crippen molar-refractivity contribution in [3.8, 4) is 0 Å². The molecule has 0 aromatic heterocycles. The summed E-state index contributed by atoms with van der Waals surface area (Å²) in [6, 6.07) is 9.58. The molecule has 144 valence electrons. The predicted octanol–water partition coefficient (Wildman–Crippen LogP) is 3.82. The third-order valence-corrected chi connectivity index (χ3v) is 4.77. The first-order valence-electron chi connectivity index (χ1n) is 8.36. The number of urea groups is 1. The molecule has 3 N–H and O–H groups in total. The Kier molecular flexibility index (Phi) is 5.32. The van der Waals surface area contributed by atoms with E-state index in [2.05, 4.69) is 16.0 Å². The fourth-order valence-electron chi connectivity index (χ4n) is 2.93. The third kappa shape index (κ3) is 3.96. The van der Waals surface area contributed by atoms with Gasteiger partial charge in [-0.3, -0.25) is 14.9 Å². The van der Waals surface area contributed by atoms with E-state index in [-0.39, 0.29) is 11.3 Å². The number of rotatable bonds is 4. The number of nitrogens with one attached hydrogen (secondary N) is 3. The fourth-order valence-corrected chi connectivity index (χ4v) is 3.11. The van der Waals surface area contributed by atoms with Crippen LogP contribution in [0.4, 0.5) is 16.2 Å². The van der Waals surface area contributed by atoms with Gasteiger partial charge in [-0.1, -0.05) is 29.8 Å². The molecule has 1 atom stereocenters. The van der Waals surface area contributed by atoms with Crippen LogP contribution in [-0.2, 0) is 4.79 Å². The molecular formula is C19H17ClN4O4. The highest BCUT2D eigenvalue weighted by molar-refractivity contribution is 6.31. The van der Waals surface area contributed by atoms with Crippen molar-refractivity contribution < 1.29 is 14.5 Å². The van der Waals surface area contributed by atoms with Crippen molar-refractivity contribution in [3.63, 3.8) is 0 Å². The van der Waals surface area contributed by atoms with Crippen molar-refractivity contribution in [2.45, 2.75) is 19.9 Å². The zero-order valence-corrected chi connectivity index (χ0v) is 15.8. The maximum atomic E-state index is 12.9. The summed E-state index contributed by atoms with van der Waals surface area (Å²) in [4.78, 5) is 35.4. The molecule has 1 aliphatic rings. The van der Waals surface area contributed by atoms with E-state index < -0.39 is 22.9 Å². The van der Waals surface area contributed by atoms with Gasteiger partial charge in [-0.15, -0.1) is 0 Å². The minimum atomic E-state index is -0.838. The topological polar surface area (TPSA) is 113 Å². The van der Waals surface area contributed by atoms with Crippen molar-refractivity contribution in [3.05, 3.63) is 80.0 Å². The summed E-state index contributed by atoms with van der Waals surface area (Å²) >= 11 is 6.11. The first kappa shape index (κ1) is 19.4. The van der Waals surface area contributed by atoms with Gasteiger partial charge in [0.2, 0.25) is 0 Å². The van der Waals surface area contributed by atoms with Crippen molar-refractivity contribution >= 4 is 34.9 Å². The van der Waals surface area contributed by atoms with Gasteiger partial charge in [-0.2, -0.15) is 0 Å². The van der Waals surface area contributed by atoms with Crippen molar-refractivity contribution in [1.29, 1.82) is 0 Å². The number of nitro benzene ring substituents is 1. The molecule has 3 amide bonds. The molecule has 28 heavy (non-hydrogen) atoms. The van der Waals surface area contributed by atoms with Gasteiger partial charge in [0.25, 0.3) is 11.6 Å². The Balaban J connectivity index is 1.97. The van der Waals surface area contributed by atoms with E-state index >= 15 is 0 Å². The lowest BCUT2D eigenvalue weighted by molar-refractivity contribution is -0.384. The van der Waals surface area contributed by atoms with Crippen LogP contribution in [0.5, 0.6) is 0 Å². The summed E-state index contributed by atoms with van der Waals surface area (Å²) in [6.07, 6.45) is 0. The number of hydrogen-bond donors (Lipinski definition) is 3. The SMILES string of the molecule is CC1=C(C(=O)Nc2ccc(C)c(Cl)c2)[C@H](c2cccc([N+](=O)[O-])c2)NC(=O)N1. The van der Waals surface area contributed by atoms with E-state index in [1.165, 1.54) is 18.2 Å². The van der Waals surface area contributed by atoms with Gasteiger partial charge in [0.1, 0.15) is 0 Å². The van der Waals surface area contributed by atoms with E-state index in [9.17, 15) is 19.7 Å². The molecule has 1 heterocycles. The Morgan fingerprint density at radius 2 is 1.96 bits per heavy atom. The molecule has 0 saturated carbocycles. The summed E-state index contributed by atoms with van der Waals surface area (Å²) in [5.74, 6) is -0.457. The summed E-state index contributed by atoms with van der Waals surface area (Å²) in [5.41, 5.74) is 2.27. The van der Waals surface area contributed by atoms with Crippen LogP contribution in [0, 0.1) is 17.0 Å². The maximum Gasteiger partial charge on any atom is 0.319 e. The van der Waals surface area contributed by atoms with Gasteiger partial charge in [0.05, 0.1) is 16.5 Å². The number of hydrogen-bond acceptors (Lipinski definition) is 4. The minimum absolute atomic E-state index is 0.131. The molecule has 1 aliphatic heterocycles. The number of aryl methyl sites for hydroxylation is 1. The number of non-ortho nitro benzene ring substituents is 1. The summed E-state index contributed by atoms with van der Waals surface area (Å²) in [7, 11) is 0. The minimum Gasteiger partial charge on any atom is -0.327 e. The molecule has 2 aromatic rings. The normalized spacial score (nSPS) is 16.2. The number of nitro groups is 1. The second kappa shape index (κ2) is 7.69. The molecule has 0 radical (unpaired) electrons. The molecule has 2 aromatic carbocycles. The molecule has 0 spiro atoms. The average Bonchev–Trinajstić information content (AvgIpc) is 2.64. The van der Waals surface area contributed by atoms with Gasteiger partial charge in [0.15, 0.2) is 0 Å². The molecule has 0 aliphatic carbocycles. The van der Waals surface area contributed by atoms with Crippen molar-refractivity contribution in [2.75, 3.05) is 5.32 Å². The smallest absolute Gasteiger partial charge is 0.319 e. The molecule has 8 nitrogen and oxygen atoms in total. The van der Waals surface area contributed by atoms with Gasteiger partial charge in [-0.05, 0) is 37.1 Å². The van der Waals surface area contributed by atoms with E-state index in [0.717, 1.165) is 5.56 Å². The van der Waals surface area contributed by atoms with Crippen LogP contribution in [0.2, 0.25) is 5.02 Å². The number of allylic oxidation sites excluding steroid dienone is 1. The molecule has 0 unspecified atom stereocenters. The Morgan fingerprint density at radius 1 is 1.21 bits per heavy atom. The highest BCUT2D eigenvalue weighted by Crippen LogP contribution is 2.30. The van der Waals surface area contributed by atoms with Crippen molar-refractivity contribution in [1.82, 2.24) is 10.6 Å². The number of carbonyl (C=O) groups excluding carboxylic acids is 2. The van der Waals surface area contributed by atoms with Gasteiger partial charge in [0, 0.05) is 28.5 Å². The molecule has 3 rings (SSSR count). The standard InChI is InChI=1S/C19H17ClN4O4/c1-10-6-7-13(9-15(10)20)22-18(25)16-11(2)21-19(26)23-17(16)12-4-3-5-14(8-12)24(27)28/h3-9,17H,1-2H3,(H,22,25)(H2,21,23,26)/t17-/m0/s1. The lowest BCUT2D eigenvalue weighted by Gasteiger charge is -2.28. The monoisotopic (exact) mass is 400 g/mol. The van der Waals surface area contributed by atoms with Crippen LogP contribution in [0.15, 0.2) is 53.7 Å². The second-order valence-electron chi connectivity index (χ2n) is 6.34. The number of benzene rings is 2. The summed E-state index contributed by atoms with van der Waals surface area (Å²) in [5, 5.41) is 19.6. The number of amides is 3. The second-order valence-corrected chi connectivity index (χ2v) is 6.75. The van der Waals surface area contributed by atoms with E-state index in [4.69, 9.17) is 11.6 Å². The summed E-state index contributed by atoms with van der Waals surface area (Å²) in [6.45, 7) is 3.44. The molecule has 9 heteroatoms. The van der Waals surface area contributed by atoms with Crippen LogP contribution >= 0.6 is 11.6 Å². The Morgan fingerprint density at radius 3 is 2.64 bits per heavy atom. The number of halogens is 1. The van der Waals surface area contributed by atoms with Crippen LogP contribution in [0.3, 0.4) is 0 Å². The number of nitrogens with zero attached hydrogens (tertiary/aromatic N) is 1. The maximum absolute atomic E-state index is 12.9. The van der Waals surface area contributed by atoms with Crippen LogP contribution in [-0.4, -0.2) is 16.9 Å². The van der Waals surface area contributed by atoms with Crippen LogP contribution in [0.1, 0.15) is 24.1 Å². The lowest BCUT2D eigenvalue weighted by atomic mass is 9.94.